The van der Waals surface area contributed by atoms with E-state index in [2.05, 4.69) is 9.88 Å². The summed E-state index contributed by atoms with van der Waals surface area (Å²) in [5, 5.41) is 2.54. The van der Waals surface area contributed by atoms with Crippen LogP contribution < -0.4 is 0 Å². The molecule has 202 valence electrons. The number of carbonyl (C=O) groups excluding carboxylic acids is 2. The normalized spacial score (nSPS) is 17.0. The number of likely N-dealkylation sites (tertiary alicyclic amines) is 1. The van der Waals surface area contributed by atoms with Gasteiger partial charge in [-0.2, -0.15) is 13.2 Å². The molecule has 2 saturated heterocycles. The highest BCUT2D eigenvalue weighted by atomic mass is 32.1. The maximum Gasteiger partial charge on any atom is 0.416 e. The lowest BCUT2D eigenvalue weighted by atomic mass is 10.0. The minimum Gasteiger partial charge on any atom is -0.335 e. The number of fused-ring (bicyclic) bond motifs is 1. The third-order valence-electron chi connectivity index (χ3n) is 7.25. The quantitative estimate of drug-likeness (QED) is 0.304. The molecule has 4 heterocycles. The highest BCUT2D eigenvalue weighted by molar-refractivity contribution is 7.20. The van der Waals surface area contributed by atoms with Crippen LogP contribution in [0, 0.1) is 5.82 Å². The topological polar surface area (TPSA) is 56.8 Å². The fraction of sp³-hybridized carbons (Fsp3) is 0.296. The standard InChI is InChI=1S/C27H22F4N4O2S2/c28-22-20-13-17(16-1-4-18(5-2-16)27(29,30)31)3-6-21(20)39-23(22)25(36)35-14-19(15-35)33-8-10-34(11-9-33)26(37)24-32-7-12-38-24/h1-7,12-13,19H,8-11,14-15H2. The Balaban J connectivity index is 1.09. The molecule has 2 amide bonds. The van der Waals surface area contributed by atoms with Gasteiger partial charge in [0.25, 0.3) is 11.8 Å². The molecule has 2 aromatic heterocycles. The molecule has 2 fully saturated rings. The molecule has 39 heavy (non-hydrogen) atoms. The van der Waals surface area contributed by atoms with E-state index in [4.69, 9.17) is 0 Å². The zero-order chi connectivity index (χ0) is 27.3. The van der Waals surface area contributed by atoms with Gasteiger partial charge < -0.3 is 9.80 Å². The zero-order valence-electron chi connectivity index (χ0n) is 20.4. The van der Waals surface area contributed by atoms with E-state index in [0.717, 1.165) is 23.5 Å². The Kier molecular flexibility index (Phi) is 6.64. The van der Waals surface area contributed by atoms with Crippen molar-refractivity contribution >= 4 is 44.6 Å². The number of carbonyl (C=O) groups is 2. The van der Waals surface area contributed by atoms with Crippen molar-refractivity contribution in [3.05, 3.63) is 75.3 Å². The SMILES string of the molecule is O=C(c1nccs1)N1CCN(C2CN(C(=O)c3sc4ccc(-c5ccc(C(F)(F)F)cc5)cc4c3F)C2)CC1. The smallest absolute Gasteiger partial charge is 0.335 e. The van der Waals surface area contributed by atoms with Crippen LogP contribution in [-0.2, 0) is 6.18 Å². The molecule has 0 bridgehead atoms. The Hall–Kier alpha value is -3.35. The van der Waals surface area contributed by atoms with Gasteiger partial charge >= 0.3 is 6.18 Å². The summed E-state index contributed by atoms with van der Waals surface area (Å²) in [6.45, 7) is 3.57. The molecule has 0 aliphatic carbocycles. The van der Waals surface area contributed by atoms with Crippen LogP contribution in [0.2, 0.25) is 0 Å². The highest BCUT2D eigenvalue weighted by Crippen LogP contribution is 2.36. The number of thiophene rings is 1. The lowest BCUT2D eigenvalue weighted by Crippen LogP contribution is -2.64. The Morgan fingerprint density at radius 2 is 1.59 bits per heavy atom. The average Bonchev–Trinajstić information content (AvgIpc) is 3.56. The van der Waals surface area contributed by atoms with E-state index in [1.54, 1.807) is 39.6 Å². The van der Waals surface area contributed by atoms with E-state index in [0.29, 0.717) is 60.1 Å². The second kappa shape index (κ2) is 10.00. The number of aromatic nitrogens is 1. The van der Waals surface area contributed by atoms with Crippen LogP contribution in [-0.4, -0.2) is 76.8 Å². The van der Waals surface area contributed by atoms with Crippen LogP contribution in [0.1, 0.15) is 25.0 Å². The maximum absolute atomic E-state index is 15.4. The third-order valence-corrected chi connectivity index (χ3v) is 9.14. The minimum atomic E-state index is -4.43. The molecule has 0 atom stereocenters. The maximum atomic E-state index is 15.4. The first-order chi connectivity index (χ1) is 18.7. The van der Waals surface area contributed by atoms with Gasteiger partial charge in [0.05, 0.1) is 5.56 Å². The van der Waals surface area contributed by atoms with Crippen molar-refractivity contribution in [1.82, 2.24) is 19.7 Å². The van der Waals surface area contributed by atoms with Gasteiger partial charge in [-0.3, -0.25) is 14.5 Å². The molecule has 0 radical (unpaired) electrons. The molecule has 4 aromatic rings. The van der Waals surface area contributed by atoms with E-state index in [1.165, 1.54) is 23.5 Å². The van der Waals surface area contributed by atoms with Crippen molar-refractivity contribution in [2.75, 3.05) is 39.3 Å². The number of rotatable bonds is 4. The van der Waals surface area contributed by atoms with E-state index >= 15 is 4.39 Å². The van der Waals surface area contributed by atoms with Crippen LogP contribution in [0.4, 0.5) is 17.6 Å². The van der Waals surface area contributed by atoms with E-state index in [1.807, 2.05) is 0 Å². The monoisotopic (exact) mass is 574 g/mol. The lowest BCUT2D eigenvalue weighted by Gasteiger charge is -2.47. The number of hydrogen-bond donors (Lipinski definition) is 0. The molecule has 2 aromatic carbocycles. The summed E-state index contributed by atoms with van der Waals surface area (Å²) in [5.41, 5.74) is 0.353. The summed E-state index contributed by atoms with van der Waals surface area (Å²) < 4.78 is 54.6. The molecular weight excluding hydrogens is 552 g/mol. The second-order valence-electron chi connectivity index (χ2n) is 9.56. The van der Waals surface area contributed by atoms with Crippen molar-refractivity contribution in [3.63, 3.8) is 0 Å². The fourth-order valence-corrected chi connectivity index (χ4v) is 6.62. The van der Waals surface area contributed by atoms with Crippen molar-refractivity contribution < 1.29 is 27.2 Å². The first-order valence-corrected chi connectivity index (χ1v) is 14.0. The lowest BCUT2D eigenvalue weighted by molar-refractivity contribution is -0.137. The van der Waals surface area contributed by atoms with E-state index in [-0.39, 0.29) is 28.1 Å². The third kappa shape index (κ3) is 4.92. The molecular formula is C27H22F4N4O2S2. The molecule has 2 aliphatic heterocycles. The Labute approximate surface area is 229 Å². The predicted octanol–water partition coefficient (Wildman–Crippen LogP) is 5.47. The number of hydrogen-bond acceptors (Lipinski definition) is 6. The Morgan fingerprint density at radius 1 is 0.897 bits per heavy atom. The number of alkyl halides is 3. The fourth-order valence-electron chi connectivity index (χ4n) is 4.99. The summed E-state index contributed by atoms with van der Waals surface area (Å²) in [7, 11) is 0. The predicted molar refractivity (Wildman–Crippen MR) is 142 cm³/mol. The number of nitrogens with zero attached hydrogens (tertiary/aromatic N) is 4. The van der Waals surface area contributed by atoms with E-state index < -0.39 is 17.6 Å². The van der Waals surface area contributed by atoms with Crippen molar-refractivity contribution in [2.24, 2.45) is 0 Å². The molecule has 0 unspecified atom stereocenters. The Morgan fingerprint density at radius 3 is 2.23 bits per heavy atom. The van der Waals surface area contributed by atoms with Crippen molar-refractivity contribution in [1.29, 1.82) is 0 Å². The number of amides is 2. The average molecular weight is 575 g/mol. The number of piperazine rings is 1. The van der Waals surface area contributed by atoms with E-state index in [9.17, 15) is 22.8 Å². The van der Waals surface area contributed by atoms with Gasteiger partial charge in [-0.15, -0.1) is 22.7 Å². The minimum absolute atomic E-state index is 0.0342. The highest BCUT2D eigenvalue weighted by Gasteiger charge is 2.38. The van der Waals surface area contributed by atoms with Crippen LogP contribution in [0.15, 0.2) is 54.0 Å². The Bertz CT molecular complexity index is 1520. The summed E-state index contributed by atoms with van der Waals surface area (Å²) in [6.07, 6.45) is -2.81. The van der Waals surface area contributed by atoms with Crippen LogP contribution in [0.3, 0.4) is 0 Å². The van der Waals surface area contributed by atoms with Crippen molar-refractivity contribution in [2.45, 2.75) is 12.2 Å². The van der Waals surface area contributed by atoms with Crippen LogP contribution >= 0.6 is 22.7 Å². The van der Waals surface area contributed by atoms with Gasteiger partial charge in [0.1, 0.15) is 4.88 Å². The van der Waals surface area contributed by atoms with Gasteiger partial charge in [-0.05, 0) is 35.4 Å². The van der Waals surface area contributed by atoms with Gasteiger partial charge in [0.2, 0.25) is 0 Å². The van der Waals surface area contributed by atoms with Gasteiger partial charge in [0, 0.05) is 67.0 Å². The number of halogens is 4. The second-order valence-corrected chi connectivity index (χ2v) is 11.5. The molecule has 0 spiro atoms. The number of benzene rings is 2. The largest absolute Gasteiger partial charge is 0.416 e. The molecule has 12 heteroatoms. The zero-order valence-corrected chi connectivity index (χ0v) is 22.1. The molecule has 2 aliphatic rings. The van der Waals surface area contributed by atoms with Gasteiger partial charge in [-0.25, -0.2) is 9.37 Å². The molecule has 6 nitrogen and oxygen atoms in total. The first kappa shape index (κ1) is 25.9. The molecule has 0 saturated carbocycles. The summed E-state index contributed by atoms with van der Waals surface area (Å²) >= 11 is 2.41. The number of thiazole rings is 1. The molecule has 6 rings (SSSR count). The van der Waals surface area contributed by atoms with Crippen LogP contribution in [0.5, 0.6) is 0 Å². The first-order valence-electron chi connectivity index (χ1n) is 12.3. The molecule has 0 N–H and O–H groups in total. The van der Waals surface area contributed by atoms with Crippen molar-refractivity contribution in [3.8, 4) is 11.1 Å². The summed E-state index contributed by atoms with van der Waals surface area (Å²) in [5.74, 6) is -1.03. The van der Waals surface area contributed by atoms with Crippen LogP contribution in [0.25, 0.3) is 21.2 Å². The van der Waals surface area contributed by atoms with Gasteiger partial charge in [-0.1, -0.05) is 18.2 Å². The summed E-state index contributed by atoms with van der Waals surface area (Å²) in [4.78, 5) is 35.4. The van der Waals surface area contributed by atoms with Gasteiger partial charge in [0.15, 0.2) is 10.8 Å². The summed E-state index contributed by atoms with van der Waals surface area (Å²) in [6, 6.07) is 9.85.